The molecule has 1 rings (SSSR count). The molecule has 0 aliphatic carbocycles. The van der Waals surface area contributed by atoms with E-state index in [0.717, 1.165) is 0 Å². The molecule has 0 amide bonds. The molecule has 0 bridgehead atoms. The summed E-state index contributed by atoms with van der Waals surface area (Å²) in [6.45, 7) is 10.6. The van der Waals surface area contributed by atoms with Gasteiger partial charge in [-0.05, 0) is 31.8 Å². The van der Waals surface area contributed by atoms with Crippen molar-refractivity contribution in [1.29, 1.82) is 0 Å². The Morgan fingerprint density at radius 3 is 2.64 bits per heavy atom. The molecule has 0 aromatic carbocycles. The van der Waals surface area contributed by atoms with Gasteiger partial charge >= 0.3 is 0 Å². The predicted octanol–water partition coefficient (Wildman–Crippen LogP) is 2.11. The van der Waals surface area contributed by atoms with Gasteiger partial charge in [0.15, 0.2) is 0 Å². The Morgan fingerprint density at radius 1 is 1.43 bits per heavy atom. The van der Waals surface area contributed by atoms with E-state index in [1.807, 2.05) is 0 Å². The monoisotopic (exact) mass is 198 g/mol. The zero-order chi connectivity index (χ0) is 10.6. The fourth-order valence-corrected chi connectivity index (χ4v) is 2.26. The molecule has 1 saturated heterocycles. The lowest BCUT2D eigenvalue weighted by Crippen LogP contribution is -2.35. The normalized spacial score (nSPS) is 25.9. The van der Waals surface area contributed by atoms with Crippen LogP contribution in [0.15, 0.2) is 0 Å². The first-order chi connectivity index (χ1) is 6.53. The van der Waals surface area contributed by atoms with Crippen molar-refractivity contribution in [3.05, 3.63) is 0 Å². The zero-order valence-corrected chi connectivity index (χ0v) is 10.3. The summed E-state index contributed by atoms with van der Waals surface area (Å²) < 4.78 is 0. The molecule has 0 radical (unpaired) electrons. The van der Waals surface area contributed by atoms with E-state index in [1.54, 1.807) is 0 Å². The molecule has 0 aromatic rings. The number of unbranched alkanes of at least 4 members (excludes halogenated alkanes) is 1. The number of nitrogens with zero attached hydrogens (tertiary/aromatic N) is 1. The van der Waals surface area contributed by atoms with E-state index in [-0.39, 0.29) is 0 Å². The van der Waals surface area contributed by atoms with Gasteiger partial charge in [-0.15, -0.1) is 0 Å². The summed E-state index contributed by atoms with van der Waals surface area (Å²) in [6, 6.07) is 0.715. The van der Waals surface area contributed by atoms with Crippen molar-refractivity contribution < 1.29 is 0 Å². The molecule has 1 aliphatic rings. The van der Waals surface area contributed by atoms with E-state index >= 15 is 0 Å². The van der Waals surface area contributed by atoms with Crippen LogP contribution in [0.5, 0.6) is 0 Å². The van der Waals surface area contributed by atoms with Crippen molar-refractivity contribution in [2.75, 3.05) is 26.7 Å². The van der Waals surface area contributed by atoms with Crippen molar-refractivity contribution in [2.24, 2.45) is 5.41 Å². The maximum atomic E-state index is 3.61. The van der Waals surface area contributed by atoms with Crippen LogP contribution in [0, 0.1) is 5.41 Å². The van der Waals surface area contributed by atoms with Crippen LogP contribution in [0.1, 0.15) is 40.0 Å². The summed E-state index contributed by atoms with van der Waals surface area (Å²) in [5.74, 6) is 0. The van der Waals surface area contributed by atoms with Gasteiger partial charge in [0.25, 0.3) is 0 Å². The third-order valence-corrected chi connectivity index (χ3v) is 3.09. The largest absolute Gasteiger partial charge is 0.312 e. The Bertz CT molecular complexity index is 166. The van der Waals surface area contributed by atoms with Crippen molar-refractivity contribution in [3.63, 3.8) is 0 Å². The quantitative estimate of drug-likeness (QED) is 0.728. The number of hydrogen-bond donors (Lipinski definition) is 1. The van der Waals surface area contributed by atoms with Crippen molar-refractivity contribution >= 4 is 0 Å². The first-order valence-electron chi connectivity index (χ1n) is 5.95. The average Bonchev–Trinajstić information content (AvgIpc) is 2.42. The van der Waals surface area contributed by atoms with Crippen LogP contribution in [0.4, 0.5) is 0 Å². The van der Waals surface area contributed by atoms with Crippen molar-refractivity contribution in [1.82, 2.24) is 10.2 Å². The molecule has 1 unspecified atom stereocenters. The lowest BCUT2D eigenvalue weighted by molar-refractivity contribution is 0.287. The molecule has 0 spiro atoms. The summed E-state index contributed by atoms with van der Waals surface area (Å²) in [4.78, 5) is 2.46. The lowest BCUT2D eigenvalue weighted by Gasteiger charge is -2.21. The molecule has 1 aliphatic heterocycles. The minimum atomic E-state index is 0.510. The highest BCUT2D eigenvalue weighted by atomic mass is 15.1. The molecule has 1 heterocycles. The van der Waals surface area contributed by atoms with Gasteiger partial charge < -0.3 is 10.2 Å². The summed E-state index contributed by atoms with van der Waals surface area (Å²) in [6.07, 6.45) is 3.95. The van der Waals surface area contributed by atoms with Gasteiger partial charge in [-0.3, -0.25) is 0 Å². The fraction of sp³-hybridized carbons (Fsp3) is 1.00. The lowest BCUT2D eigenvalue weighted by atomic mass is 9.90. The molecule has 1 atom stereocenters. The summed E-state index contributed by atoms with van der Waals surface area (Å²) in [7, 11) is 2.24. The van der Waals surface area contributed by atoms with E-state index in [4.69, 9.17) is 0 Å². The maximum Gasteiger partial charge on any atom is 0.0200 e. The SMILES string of the molecule is CCCCN(C)CC1CC(C)(C)CN1. The second-order valence-corrected chi connectivity index (χ2v) is 5.56. The molecule has 14 heavy (non-hydrogen) atoms. The number of nitrogens with one attached hydrogen (secondary N) is 1. The first kappa shape index (κ1) is 12.0. The predicted molar refractivity (Wildman–Crippen MR) is 62.6 cm³/mol. The van der Waals surface area contributed by atoms with Crippen molar-refractivity contribution in [2.45, 2.75) is 46.1 Å². The molecule has 2 heteroatoms. The highest BCUT2D eigenvalue weighted by molar-refractivity contribution is 4.88. The van der Waals surface area contributed by atoms with Crippen LogP contribution in [0.2, 0.25) is 0 Å². The third kappa shape index (κ3) is 3.97. The Balaban J connectivity index is 2.18. The topological polar surface area (TPSA) is 15.3 Å². The Hall–Kier alpha value is -0.0800. The summed E-state index contributed by atoms with van der Waals surface area (Å²) in [5.41, 5.74) is 0.510. The van der Waals surface area contributed by atoms with E-state index in [1.165, 1.54) is 38.9 Å². The molecular formula is C12H26N2. The summed E-state index contributed by atoms with van der Waals surface area (Å²) in [5, 5.41) is 3.61. The smallest absolute Gasteiger partial charge is 0.0200 e. The fourth-order valence-electron chi connectivity index (χ4n) is 2.26. The number of hydrogen-bond acceptors (Lipinski definition) is 2. The molecule has 2 nitrogen and oxygen atoms in total. The summed E-state index contributed by atoms with van der Waals surface area (Å²) >= 11 is 0. The maximum absolute atomic E-state index is 3.61. The molecule has 84 valence electrons. The van der Waals surface area contributed by atoms with Crippen LogP contribution in [-0.2, 0) is 0 Å². The number of likely N-dealkylation sites (N-methyl/N-ethyl adjacent to an activating group) is 1. The minimum absolute atomic E-state index is 0.510. The molecule has 0 saturated carbocycles. The standard InChI is InChI=1S/C12H26N2/c1-5-6-7-14(4)9-11-8-12(2,3)10-13-11/h11,13H,5-10H2,1-4H3. The molecule has 0 aromatic heterocycles. The van der Waals surface area contributed by atoms with Crippen LogP contribution in [-0.4, -0.2) is 37.6 Å². The second kappa shape index (κ2) is 5.13. The third-order valence-electron chi connectivity index (χ3n) is 3.09. The Kier molecular flexibility index (Phi) is 4.39. The van der Waals surface area contributed by atoms with Crippen LogP contribution < -0.4 is 5.32 Å². The van der Waals surface area contributed by atoms with Crippen LogP contribution in [0.25, 0.3) is 0 Å². The van der Waals surface area contributed by atoms with E-state index in [9.17, 15) is 0 Å². The minimum Gasteiger partial charge on any atom is -0.312 e. The van der Waals surface area contributed by atoms with Gasteiger partial charge in [-0.1, -0.05) is 27.2 Å². The first-order valence-corrected chi connectivity index (χ1v) is 5.95. The van der Waals surface area contributed by atoms with E-state index in [2.05, 4.69) is 38.0 Å². The van der Waals surface area contributed by atoms with E-state index < -0.39 is 0 Å². The Labute approximate surface area is 89.1 Å². The van der Waals surface area contributed by atoms with E-state index in [0.29, 0.717) is 11.5 Å². The highest BCUT2D eigenvalue weighted by Gasteiger charge is 2.30. The van der Waals surface area contributed by atoms with Crippen LogP contribution >= 0.6 is 0 Å². The van der Waals surface area contributed by atoms with Crippen LogP contribution in [0.3, 0.4) is 0 Å². The van der Waals surface area contributed by atoms with Gasteiger partial charge in [-0.2, -0.15) is 0 Å². The van der Waals surface area contributed by atoms with Gasteiger partial charge in [0, 0.05) is 19.1 Å². The average molecular weight is 198 g/mol. The highest BCUT2D eigenvalue weighted by Crippen LogP contribution is 2.27. The molecule has 1 N–H and O–H groups in total. The van der Waals surface area contributed by atoms with Gasteiger partial charge in [0.2, 0.25) is 0 Å². The number of rotatable bonds is 5. The zero-order valence-electron chi connectivity index (χ0n) is 10.3. The van der Waals surface area contributed by atoms with Gasteiger partial charge in [0.05, 0.1) is 0 Å². The second-order valence-electron chi connectivity index (χ2n) is 5.56. The van der Waals surface area contributed by atoms with Gasteiger partial charge in [0.1, 0.15) is 0 Å². The molecular weight excluding hydrogens is 172 g/mol. The molecule has 1 fully saturated rings. The van der Waals surface area contributed by atoms with Crippen molar-refractivity contribution in [3.8, 4) is 0 Å². The Morgan fingerprint density at radius 2 is 2.14 bits per heavy atom. The van der Waals surface area contributed by atoms with Gasteiger partial charge in [-0.25, -0.2) is 0 Å².